The Kier molecular flexibility index (Phi) is 36.0. The van der Waals surface area contributed by atoms with Gasteiger partial charge in [0.1, 0.15) is 22.3 Å². The number of aliphatic hydroxyl groups is 3. The fraction of sp³-hybridized carbons (Fsp3) is 0.347. The number of carbonyl (C=O) groups is 7. The van der Waals surface area contributed by atoms with Gasteiger partial charge in [-0.3, -0.25) is 52.7 Å². The summed E-state index contributed by atoms with van der Waals surface area (Å²) in [6.07, 6.45) is 21.9. The molecule has 6 aliphatic carbocycles. The Bertz CT molecular complexity index is 6630. The molecule has 6 aliphatic rings. The van der Waals surface area contributed by atoms with E-state index < -0.39 is 22.8 Å². The van der Waals surface area contributed by atoms with Crippen molar-refractivity contribution in [3.8, 4) is 47.8 Å². The highest BCUT2D eigenvalue weighted by Crippen LogP contribution is 2.43. The van der Waals surface area contributed by atoms with Crippen LogP contribution in [0.15, 0.2) is 123 Å². The maximum atomic E-state index is 12.3. The predicted octanol–water partition coefficient (Wildman–Crippen LogP) is 15.3. The first-order chi connectivity index (χ1) is 58.8. The fourth-order valence-electron chi connectivity index (χ4n) is 14.8. The number of allylic oxidation sites excluding steroid dienone is 10. The van der Waals surface area contributed by atoms with Gasteiger partial charge in [-0.15, -0.1) is 6.42 Å². The summed E-state index contributed by atoms with van der Waals surface area (Å²) in [7, 11) is 8.42. The molecule has 127 heavy (non-hydrogen) atoms. The lowest BCUT2D eigenvalue weighted by Crippen LogP contribution is -2.22. The second-order valence-corrected chi connectivity index (χ2v) is 37.0. The molecule has 670 valence electrons. The Labute approximate surface area is 782 Å². The van der Waals surface area contributed by atoms with E-state index in [4.69, 9.17) is 21.0 Å². The number of Topliss-reactive ketones (excluding diaryl/α,β-unsaturated/α-hetero) is 5. The van der Waals surface area contributed by atoms with Crippen molar-refractivity contribution in [2.45, 2.75) is 187 Å². The van der Waals surface area contributed by atoms with Crippen LogP contribution in [-0.2, 0) is 88.4 Å². The summed E-state index contributed by atoms with van der Waals surface area (Å²) in [6.45, 7) is 31.6. The number of carboxylic acids is 1. The molecule has 0 fully saturated rings. The SMILES string of the molecule is C#CC(C)(C)O.CC(=O)C1=C(C)Cc2c1c(Br)c[nH]c2=O.CC(=O)C1=C(C)Cc2c1c(Br)cn(C)c2=O.CC(=O)C1=C(C)Cc2c1c(C#CC(C)(C)O)cn(C)c2=O.CC(=O)Cl.CC(=O)c1c(C)n(C)c2c(=O)[nH]cc(Br)c12.CC1=C(C(=O)O)c2c(C#CC(C)(C)O)c[nH]c(=O)c2C1.COc1ncc(Br)c2c1CC(C)=C2.COc1ncc(Br)c2c1CC(C)=C2C(C)=O. The first-order valence-electron chi connectivity index (χ1n) is 39.2. The third-order valence-corrected chi connectivity index (χ3v) is 23.2. The molecular weight excluding hydrogens is 1980 g/mol. The van der Waals surface area contributed by atoms with Crippen LogP contribution < -0.4 is 37.3 Å². The summed E-state index contributed by atoms with van der Waals surface area (Å²) in [4.78, 5) is 154. The smallest absolute Gasteiger partial charge is 0.336 e. The van der Waals surface area contributed by atoms with Crippen LogP contribution in [0.2, 0.25) is 0 Å². The topological polar surface area (TPSA) is 392 Å². The van der Waals surface area contributed by atoms with Gasteiger partial charge >= 0.3 is 5.97 Å². The second kappa shape index (κ2) is 43.4. The molecule has 8 heterocycles. The van der Waals surface area contributed by atoms with Crippen molar-refractivity contribution in [2.75, 3.05) is 14.2 Å². The number of aryl methyl sites for hydroxylation is 3. The largest absolute Gasteiger partial charge is 0.481 e. The molecule has 0 spiro atoms. The van der Waals surface area contributed by atoms with Crippen LogP contribution in [-0.4, -0.2) is 130 Å². The number of aromatic amines is 3. The molecule has 26 nitrogen and oxygen atoms in total. The Morgan fingerprint density at radius 1 is 0.472 bits per heavy atom. The van der Waals surface area contributed by atoms with E-state index in [0.717, 1.165) is 102 Å². The average molecular weight is 2080 g/mol. The van der Waals surface area contributed by atoms with Crippen LogP contribution in [0.1, 0.15) is 219 Å². The van der Waals surface area contributed by atoms with E-state index in [2.05, 4.69) is 159 Å². The van der Waals surface area contributed by atoms with Gasteiger partial charge in [0.15, 0.2) is 28.9 Å². The summed E-state index contributed by atoms with van der Waals surface area (Å²) in [5.74, 6) is 13.5. The van der Waals surface area contributed by atoms with Crippen LogP contribution in [0.25, 0.3) is 44.8 Å². The molecule has 0 aliphatic heterocycles. The molecule has 0 amide bonds. The third-order valence-electron chi connectivity index (χ3n) is 20.1. The number of carboxylic acid groups (broad SMARTS) is 1. The summed E-state index contributed by atoms with van der Waals surface area (Å²) in [5.41, 5.74) is 17.1. The Morgan fingerprint density at radius 3 is 1.28 bits per heavy atom. The van der Waals surface area contributed by atoms with Gasteiger partial charge in [0.2, 0.25) is 17.0 Å². The molecule has 0 saturated carbocycles. The van der Waals surface area contributed by atoms with Gasteiger partial charge in [0.05, 0.1) is 19.8 Å². The molecule has 0 aromatic carbocycles. The highest BCUT2D eigenvalue weighted by atomic mass is 79.9. The molecule has 8 aromatic heterocycles. The van der Waals surface area contributed by atoms with E-state index in [0.29, 0.717) is 109 Å². The van der Waals surface area contributed by atoms with Crippen LogP contribution in [0.3, 0.4) is 0 Å². The van der Waals surface area contributed by atoms with Gasteiger partial charge in [-0.2, -0.15) is 0 Å². The number of nitrogens with one attached hydrogen (secondary N) is 3. The molecule has 0 saturated heterocycles. The highest BCUT2D eigenvalue weighted by Gasteiger charge is 2.34. The number of ketones is 5. The molecule has 0 radical (unpaired) electrons. The zero-order valence-electron chi connectivity index (χ0n) is 74.9. The summed E-state index contributed by atoms with van der Waals surface area (Å²) in [6, 6.07) is 0. The lowest BCUT2D eigenvalue weighted by atomic mass is 9.98. The lowest BCUT2D eigenvalue weighted by Gasteiger charge is -2.10. The molecule has 14 rings (SSSR count). The number of rotatable bonds is 8. The number of fused-ring (bicyclic) bond motifs is 7. The molecule has 0 atom stereocenters. The average Bonchev–Trinajstić information content (AvgIpc) is 1.60. The number of aliphatic carboxylic acids is 1. The number of aromatic nitrogens is 8. The highest BCUT2D eigenvalue weighted by molar-refractivity contribution is 9.11. The van der Waals surface area contributed by atoms with Crippen molar-refractivity contribution in [2.24, 2.45) is 21.1 Å². The lowest BCUT2D eigenvalue weighted by molar-refractivity contribution is -0.130. The van der Waals surface area contributed by atoms with Gasteiger partial charge < -0.3 is 58.6 Å². The summed E-state index contributed by atoms with van der Waals surface area (Å²) in [5, 5.41) is 37.6. The molecule has 0 bridgehead atoms. The Hall–Kier alpha value is -10.6. The minimum atomic E-state index is -1.19. The quantitative estimate of drug-likeness (QED) is 0.0422. The van der Waals surface area contributed by atoms with Crippen molar-refractivity contribution >= 4 is 176 Å². The summed E-state index contributed by atoms with van der Waals surface area (Å²) < 4.78 is 19.4. The van der Waals surface area contributed by atoms with E-state index in [1.807, 2.05) is 34.6 Å². The number of halogens is 6. The number of methoxy groups -OCH3 is 2. The molecule has 8 aromatic rings. The number of pyridine rings is 7. The number of terminal acetylenes is 1. The molecule has 0 unspecified atom stereocenters. The van der Waals surface area contributed by atoms with E-state index >= 15 is 0 Å². The fourth-order valence-corrected chi connectivity index (χ4v) is 17.6. The van der Waals surface area contributed by atoms with Crippen LogP contribution in [0, 0.1) is 42.9 Å². The number of carbonyl (C=O) groups excluding carboxylic acids is 6. The monoisotopic (exact) mass is 2070 g/mol. The Morgan fingerprint density at radius 2 is 0.835 bits per heavy atom. The van der Waals surface area contributed by atoms with Crippen molar-refractivity contribution < 1.29 is 63.5 Å². The molecule has 7 N–H and O–H groups in total. The van der Waals surface area contributed by atoms with Crippen LogP contribution in [0.5, 0.6) is 11.8 Å². The van der Waals surface area contributed by atoms with E-state index in [1.165, 1.54) is 75.9 Å². The van der Waals surface area contributed by atoms with Gasteiger partial charge in [0, 0.05) is 237 Å². The van der Waals surface area contributed by atoms with Gasteiger partial charge in [-0.05, 0) is 228 Å². The van der Waals surface area contributed by atoms with E-state index in [9.17, 15) is 72.9 Å². The number of ether oxygens (including phenoxy) is 2. The first-order valence-corrected chi connectivity index (χ1v) is 43.5. The van der Waals surface area contributed by atoms with E-state index in [1.54, 1.807) is 123 Å². The molecular formula is C95H100Br5ClN8O18. The number of H-pyrrole nitrogens is 3. The van der Waals surface area contributed by atoms with Crippen LogP contribution in [0.4, 0.5) is 0 Å². The maximum Gasteiger partial charge on any atom is 0.336 e. The standard InChI is InChI=1S/C17H19NO3.C15H15NO4.2C12H12BrNO2.C11H11BrN2O2.C11H10BrNO2.C10H10BrNO.C5H8O.C2H3ClO/c1-10-8-13-15(14(10)11(2)19)12(6-7-17(3,4)21)9-18(5)16(13)20;1-8-6-10-12(11(8)14(18)19)9(7-16-13(10)17)4-5-15(2,3)20;1-6-4-8-11(10(6)7(2)15)9(13)5-14-12(8)16-3;1-6-4-8-11(10(6)7(2)15)9(13)5-14(3)12(8)16;1-5-8(6(2)15)9-7(12)4-13-11(16)10(9)14(5)3;1-5-3-7-10(9(5)6(2)14)8(12)4-13-11(7)15;1-6-3-7-8(4-6)10(13-2)12-5-9(7)11;1-4-5(2,3)6;1-2(3)4/h9,21H,8H2,1-5H3;7,20H,6H2,1-3H3,(H,16,17)(H,18,19);2*5H,4H2,1-3H3;4H,1-3H3,(H,13,16);4H,3H2,1-2H3,(H,13,15);3,5H,4H2,1-2H3;1,6H,2-3H3;1H3. The maximum absolute atomic E-state index is 12.3. The zero-order valence-corrected chi connectivity index (χ0v) is 83.6. The van der Waals surface area contributed by atoms with Crippen molar-refractivity contribution in [3.05, 3.63) is 240 Å². The summed E-state index contributed by atoms with van der Waals surface area (Å²) >= 11 is 21.7. The minimum Gasteiger partial charge on any atom is -0.481 e. The van der Waals surface area contributed by atoms with Crippen LogP contribution >= 0.6 is 91.3 Å². The van der Waals surface area contributed by atoms with Crippen molar-refractivity contribution in [3.63, 3.8) is 0 Å². The second-order valence-electron chi connectivity index (χ2n) is 32.2. The minimum absolute atomic E-state index is 0.0116. The van der Waals surface area contributed by atoms with Gasteiger partial charge in [0.25, 0.3) is 27.8 Å². The normalized spacial score (nSPS) is 13.2. The predicted molar refractivity (Wildman–Crippen MR) is 513 cm³/mol. The number of nitrogens with zero attached hydrogens (tertiary/aromatic N) is 5. The third kappa shape index (κ3) is 25.5. The van der Waals surface area contributed by atoms with E-state index in [-0.39, 0.29) is 67.5 Å². The zero-order chi connectivity index (χ0) is 96.3. The number of hydrogen-bond donors (Lipinski definition) is 7. The molecule has 32 heteroatoms. The Balaban J connectivity index is 0.000000225. The van der Waals surface area contributed by atoms with Crippen molar-refractivity contribution in [1.29, 1.82) is 0 Å². The van der Waals surface area contributed by atoms with Gasteiger partial charge in [-0.1, -0.05) is 69.1 Å². The van der Waals surface area contributed by atoms with Crippen molar-refractivity contribution in [1.82, 2.24) is 38.6 Å². The number of hydrogen-bond acceptors (Lipinski definition) is 19. The van der Waals surface area contributed by atoms with Gasteiger partial charge in [-0.25, -0.2) is 14.8 Å². The first kappa shape index (κ1) is 105.